The number of hydrogen-bond donors (Lipinski definition) is 0. The first-order chi connectivity index (χ1) is 9.65. The van der Waals surface area contributed by atoms with Crippen molar-refractivity contribution < 1.29 is 9.53 Å². The van der Waals surface area contributed by atoms with Gasteiger partial charge in [-0.25, -0.2) is 0 Å². The zero-order chi connectivity index (χ0) is 14.4. The lowest BCUT2D eigenvalue weighted by Crippen LogP contribution is -2.11. The molecule has 1 aromatic carbocycles. The summed E-state index contributed by atoms with van der Waals surface area (Å²) >= 11 is 10.6. The van der Waals surface area contributed by atoms with E-state index in [2.05, 4.69) is 20.9 Å². The second-order valence-corrected chi connectivity index (χ2v) is 6.18. The molecular weight excluding hydrogens is 362 g/mol. The van der Waals surface area contributed by atoms with Crippen LogP contribution in [0.2, 0.25) is 5.02 Å². The lowest BCUT2D eigenvalue weighted by molar-refractivity contribution is -0.131. The predicted molar refractivity (Wildman–Crippen MR) is 85.2 cm³/mol. The number of carbonyl (C=O) groups is 1. The molecule has 0 radical (unpaired) electrons. The highest BCUT2D eigenvalue weighted by Crippen LogP contribution is 2.28. The molecule has 1 aromatic heterocycles. The number of benzene rings is 1. The average Bonchev–Trinajstić information content (AvgIpc) is 2.43. The molecule has 0 spiro atoms. The van der Waals surface area contributed by atoms with E-state index < -0.39 is 0 Å². The Morgan fingerprint density at radius 1 is 1.40 bits per heavy atom. The molecule has 20 heavy (non-hydrogen) atoms. The van der Waals surface area contributed by atoms with Gasteiger partial charge in [0.1, 0.15) is 5.75 Å². The molecule has 0 N–H and O–H groups in total. The second kappa shape index (κ2) is 7.67. The molecule has 0 fully saturated rings. The van der Waals surface area contributed by atoms with Gasteiger partial charge in [0.15, 0.2) is 0 Å². The van der Waals surface area contributed by atoms with Gasteiger partial charge in [0.05, 0.1) is 10.2 Å². The maximum Gasteiger partial charge on any atom is 0.321 e. The maximum absolute atomic E-state index is 11.7. The molecule has 0 saturated carbocycles. The third kappa shape index (κ3) is 4.81. The lowest BCUT2D eigenvalue weighted by Gasteiger charge is -2.06. The number of halogens is 2. The van der Waals surface area contributed by atoms with Gasteiger partial charge in [-0.1, -0.05) is 17.7 Å². The van der Waals surface area contributed by atoms with Crippen LogP contribution in [0.5, 0.6) is 5.75 Å². The summed E-state index contributed by atoms with van der Waals surface area (Å²) in [5, 5.41) is 0.586. The Labute approximate surface area is 134 Å². The number of thioether (sulfide) groups is 1. The van der Waals surface area contributed by atoms with Crippen LogP contribution in [0.25, 0.3) is 0 Å². The third-order valence-electron chi connectivity index (χ3n) is 2.33. The number of nitrogens with zero attached hydrogens (tertiary/aromatic N) is 1. The highest BCUT2D eigenvalue weighted by atomic mass is 79.9. The summed E-state index contributed by atoms with van der Waals surface area (Å²) in [5.41, 5.74) is 1.08. The van der Waals surface area contributed by atoms with Crippen LogP contribution in [-0.2, 0) is 10.5 Å². The van der Waals surface area contributed by atoms with Crippen molar-refractivity contribution in [1.82, 2.24) is 4.98 Å². The molecule has 3 nitrogen and oxygen atoms in total. The van der Waals surface area contributed by atoms with Crippen LogP contribution < -0.4 is 4.74 Å². The number of carbonyl (C=O) groups excluding carboxylic acids is 1. The van der Waals surface area contributed by atoms with Crippen molar-refractivity contribution in [3.05, 3.63) is 57.8 Å². The van der Waals surface area contributed by atoms with E-state index >= 15 is 0 Å². The van der Waals surface area contributed by atoms with E-state index in [0.717, 1.165) is 11.3 Å². The van der Waals surface area contributed by atoms with Crippen molar-refractivity contribution >= 4 is 45.3 Å². The Bertz CT molecular complexity index is 595. The molecular formula is C14H11BrClNO2S. The molecule has 0 atom stereocenters. The van der Waals surface area contributed by atoms with Crippen LogP contribution in [0.15, 0.2) is 47.2 Å². The minimum Gasteiger partial charge on any atom is -0.425 e. The Morgan fingerprint density at radius 3 is 2.95 bits per heavy atom. The van der Waals surface area contributed by atoms with Crippen molar-refractivity contribution in [3.8, 4) is 5.75 Å². The average molecular weight is 373 g/mol. The second-order valence-electron chi connectivity index (χ2n) is 3.90. The number of pyridine rings is 1. The monoisotopic (exact) mass is 371 g/mol. The highest BCUT2D eigenvalue weighted by molar-refractivity contribution is 9.10. The zero-order valence-corrected chi connectivity index (χ0v) is 13.5. The van der Waals surface area contributed by atoms with E-state index in [-0.39, 0.29) is 11.7 Å². The third-order valence-corrected chi connectivity index (χ3v) is 4.16. The van der Waals surface area contributed by atoms with Gasteiger partial charge in [0.2, 0.25) is 0 Å². The number of ether oxygens (including phenoxy) is 1. The molecule has 0 bridgehead atoms. The normalized spacial score (nSPS) is 10.3. The van der Waals surface area contributed by atoms with Crippen molar-refractivity contribution in [2.45, 2.75) is 5.75 Å². The summed E-state index contributed by atoms with van der Waals surface area (Å²) in [5.74, 6) is 1.19. The quantitative estimate of drug-likeness (QED) is 0.578. The fraction of sp³-hybridized carbons (Fsp3) is 0.143. The molecule has 104 valence electrons. The van der Waals surface area contributed by atoms with Crippen LogP contribution in [0.3, 0.4) is 0 Å². The molecule has 2 rings (SSSR count). The minimum absolute atomic E-state index is 0.282. The Morgan fingerprint density at radius 2 is 2.25 bits per heavy atom. The summed E-state index contributed by atoms with van der Waals surface area (Å²) in [6, 6.07) is 8.88. The molecule has 0 saturated heterocycles. The minimum atomic E-state index is -0.290. The number of hydrogen-bond acceptors (Lipinski definition) is 4. The van der Waals surface area contributed by atoms with Crippen molar-refractivity contribution in [1.29, 1.82) is 0 Å². The molecule has 0 aliphatic heterocycles. The van der Waals surface area contributed by atoms with Crippen LogP contribution >= 0.6 is 39.3 Å². The Kier molecular flexibility index (Phi) is 5.88. The van der Waals surface area contributed by atoms with E-state index in [1.807, 2.05) is 12.1 Å². The first-order valence-electron chi connectivity index (χ1n) is 5.77. The summed E-state index contributed by atoms with van der Waals surface area (Å²) in [7, 11) is 0. The predicted octanol–water partition coefficient (Wildman–Crippen LogP) is 4.34. The summed E-state index contributed by atoms with van der Waals surface area (Å²) in [4.78, 5) is 15.7. The van der Waals surface area contributed by atoms with E-state index in [9.17, 15) is 4.79 Å². The molecule has 6 heteroatoms. The van der Waals surface area contributed by atoms with Gasteiger partial charge in [-0.05, 0) is 45.8 Å². The fourth-order valence-electron chi connectivity index (χ4n) is 1.45. The van der Waals surface area contributed by atoms with Gasteiger partial charge in [-0.2, -0.15) is 0 Å². The van der Waals surface area contributed by atoms with Crippen molar-refractivity contribution in [2.24, 2.45) is 0 Å². The molecule has 0 amide bonds. The van der Waals surface area contributed by atoms with Crippen LogP contribution in [0.4, 0.5) is 0 Å². The first kappa shape index (κ1) is 15.4. The lowest BCUT2D eigenvalue weighted by atomic mass is 10.3. The first-order valence-corrected chi connectivity index (χ1v) is 8.10. The zero-order valence-electron chi connectivity index (χ0n) is 10.4. The Balaban J connectivity index is 1.81. The van der Waals surface area contributed by atoms with Crippen LogP contribution in [0.1, 0.15) is 5.56 Å². The number of esters is 1. The van der Waals surface area contributed by atoms with Crippen LogP contribution in [0, 0.1) is 0 Å². The summed E-state index contributed by atoms with van der Waals surface area (Å²) in [6.45, 7) is 0. The number of aromatic nitrogens is 1. The van der Waals surface area contributed by atoms with Gasteiger partial charge < -0.3 is 4.74 Å². The van der Waals surface area contributed by atoms with Gasteiger partial charge in [-0.3, -0.25) is 9.78 Å². The van der Waals surface area contributed by atoms with E-state index in [4.69, 9.17) is 16.3 Å². The molecule has 0 unspecified atom stereocenters. The van der Waals surface area contributed by atoms with Gasteiger partial charge in [0, 0.05) is 23.2 Å². The molecule has 2 aromatic rings. The van der Waals surface area contributed by atoms with E-state index in [0.29, 0.717) is 15.2 Å². The topological polar surface area (TPSA) is 39.2 Å². The van der Waals surface area contributed by atoms with Crippen molar-refractivity contribution in [2.75, 3.05) is 5.75 Å². The molecule has 1 heterocycles. The van der Waals surface area contributed by atoms with Crippen LogP contribution in [-0.4, -0.2) is 16.7 Å². The number of rotatable bonds is 5. The standard InChI is InChI=1S/C14H11BrClNO2S/c15-12-6-11(16)3-4-13(12)19-14(18)9-20-8-10-2-1-5-17-7-10/h1-7H,8-9H2. The van der Waals surface area contributed by atoms with Crippen molar-refractivity contribution in [3.63, 3.8) is 0 Å². The van der Waals surface area contributed by atoms with E-state index in [1.54, 1.807) is 30.6 Å². The fourth-order valence-corrected chi connectivity index (χ4v) is 2.94. The van der Waals surface area contributed by atoms with E-state index in [1.165, 1.54) is 11.8 Å². The largest absolute Gasteiger partial charge is 0.425 e. The van der Waals surface area contributed by atoms with Gasteiger partial charge in [-0.15, -0.1) is 11.8 Å². The summed E-state index contributed by atoms with van der Waals surface area (Å²) < 4.78 is 5.92. The Hall–Kier alpha value is -1.04. The summed E-state index contributed by atoms with van der Waals surface area (Å²) in [6.07, 6.45) is 3.51. The molecule has 0 aliphatic rings. The maximum atomic E-state index is 11.7. The SMILES string of the molecule is O=C(CSCc1cccnc1)Oc1ccc(Cl)cc1Br. The highest BCUT2D eigenvalue weighted by Gasteiger charge is 2.08. The molecule has 0 aliphatic carbocycles. The van der Waals surface area contributed by atoms with Gasteiger partial charge in [0.25, 0.3) is 0 Å². The smallest absolute Gasteiger partial charge is 0.321 e. The van der Waals surface area contributed by atoms with Gasteiger partial charge >= 0.3 is 5.97 Å².